The van der Waals surface area contributed by atoms with Crippen LogP contribution < -0.4 is 4.74 Å². The number of ether oxygens (including phenoxy) is 1. The van der Waals surface area contributed by atoms with Crippen LogP contribution in [0.3, 0.4) is 0 Å². The molecule has 28 heavy (non-hydrogen) atoms. The molecule has 0 fully saturated rings. The first kappa shape index (κ1) is 18.1. The molecular formula is C23H18ClNO3. The number of fused-ring (bicyclic) bond motifs is 1. The normalized spacial score (nSPS) is 10.9. The van der Waals surface area contributed by atoms with Crippen LogP contribution in [0, 0.1) is 0 Å². The van der Waals surface area contributed by atoms with Gasteiger partial charge in [0.15, 0.2) is 0 Å². The van der Waals surface area contributed by atoms with Gasteiger partial charge in [0.2, 0.25) is 0 Å². The minimum absolute atomic E-state index is 0.0925. The molecule has 0 unspecified atom stereocenters. The van der Waals surface area contributed by atoms with Crippen molar-refractivity contribution in [1.29, 1.82) is 0 Å². The highest BCUT2D eigenvalue weighted by Gasteiger charge is 2.16. The van der Waals surface area contributed by atoms with Crippen molar-refractivity contribution in [2.24, 2.45) is 0 Å². The Kier molecular flexibility index (Phi) is 5.04. The van der Waals surface area contributed by atoms with Gasteiger partial charge in [-0.2, -0.15) is 0 Å². The molecule has 0 bridgehead atoms. The van der Waals surface area contributed by atoms with Crippen LogP contribution in [0.1, 0.15) is 11.1 Å². The zero-order valence-corrected chi connectivity index (χ0v) is 15.7. The van der Waals surface area contributed by atoms with Crippen molar-refractivity contribution in [3.63, 3.8) is 0 Å². The van der Waals surface area contributed by atoms with E-state index in [0.717, 1.165) is 33.5 Å². The number of aromatic nitrogens is 1. The highest BCUT2D eigenvalue weighted by Crippen LogP contribution is 2.34. The molecule has 0 aliphatic heterocycles. The summed E-state index contributed by atoms with van der Waals surface area (Å²) in [7, 11) is 0. The molecular weight excluding hydrogens is 374 g/mol. The van der Waals surface area contributed by atoms with E-state index in [1.807, 2.05) is 60.7 Å². The van der Waals surface area contributed by atoms with Crippen molar-refractivity contribution in [2.75, 3.05) is 0 Å². The maximum atomic E-state index is 11.4. The second-order valence-corrected chi connectivity index (χ2v) is 6.98. The summed E-state index contributed by atoms with van der Waals surface area (Å²) in [4.78, 5) is 14.8. The van der Waals surface area contributed by atoms with Gasteiger partial charge < -0.3 is 14.8 Å². The van der Waals surface area contributed by atoms with E-state index in [4.69, 9.17) is 16.3 Å². The average Bonchev–Trinajstić information content (AvgIpc) is 3.04. The number of nitrogens with one attached hydrogen (secondary N) is 1. The number of carboxylic acids is 1. The summed E-state index contributed by atoms with van der Waals surface area (Å²) in [6.45, 7) is 0.467. The fraction of sp³-hybridized carbons (Fsp3) is 0.0870. The number of carbonyl (C=O) groups is 1. The highest BCUT2D eigenvalue weighted by atomic mass is 35.5. The Labute approximate surface area is 167 Å². The number of aliphatic carboxylic acids is 1. The standard InChI is InChI=1S/C23H18ClNO3/c24-17-9-10-21-19(12-17)20(13-22(26)27)23(25-21)16-7-4-8-18(11-16)28-14-15-5-2-1-3-6-15/h1-12,25H,13-14H2,(H,26,27). The van der Waals surface area contributed by atoms with Crippen LogP contribution in [-0.4, -0.2) is 16.1 Å². The van der Waals surface area contributed by atoms with Gasteiger partial charge in [-0.3, -0.25) is 4.79 Å². The lowest BCUT2D eigenvalue weighted by Gasteiger charge is -2.09. The molecule has 0 atom stereocenters. The van der Waals surface area contributed by atoms with Gasteiger partial charge in [-0.25, -0.2) is 0 Å². The average molecular weight is 392 g/mol. The lowest BCUT2D eigenvalue weighted by atomic mass is 10.0. The van der Waals surface area contributed by atoms with Crippen LogP contribution in [-0.2, 0) is 17.8 Å². The quantitative estimate of drug-likeness (QED) is 0.443. The van der Waals surface area contributed by atoms with E-state index in [1.54, 1.807) is 12.1 Å². The minimum Gasteiger partial charge on any atom is -0.489 e. The number of halogens is 1. The van der Waals surface area contributed by atoms with Gasteiger partial charge in [0.25, 0.3) is 0 Å². The van der Waals surface area contributed by atoms with Crippen molar-refractivity contribution in [2.45, 2.75) is 13.0 Å². The molecule has 0 radical (unpaired) electrons. The largest absolute Gasteiger partial charge is 0.489 e. The van der Waals surface area contributed by atoms with Crippen molar-refractivity contribution in [3.05, 3.63) is 88.9 Å². The Morgan fingerprint density at radius 1 is 1.00 bits per heavy atom. The molecule has 0 spiro atoms. The summed E-state index contributed by atoms with van der Waals surface area (Å²) in [6, 6.07) is 23.0. The number of carboxylic acid groups (broad SMARTS) is 1. The molecule has 5 heteroatoms. The molecule has 0 aliphatic rings. The van der Waals surface area contributed by atoms with Crippen LogP contribution in [0.5, 0.6) is 5.75 Å². The lowest BCUT2D eigenvalue weighted by Crippen LogP contribution is -2.01. The van der Waals surface area contributed by atoms with Crippen molar-refractivity contribution < 1.29 is 14.6 Å². The van der Waals surface area contributed by atoms with Gasteiger partial charge in [-0.15, -0.1) is 0 Å². The van der Waals surface area contributed by atoms with Gasteiger partial charge >= 0.3 is 5.97 Å². The lowest BCUT2D eigenvalue weighted by molar-refractivity contribution is -0.136. The Balaban J connectivity index is 1.70. The summed E-state index contributed by atoms with van der Waals surface area (Å²) in [6.07, 6.45) is -0.0925. The third kappa shape index (κ3) is 3.87. The zero-order valence-electron chi connectivity index (χ0n) is 15.0. The molecule has 1 heterocycles. The summed E-state index contributed by atoms with van der Waals surface area (Å²) in [5.74, 6) is -0.169. The van der Waals surface area contributed by atoms with Gasteiger partial charge in [-0.05, 0) is 41.5 Å². The maximum Gasteiger partial charge on any atom is 0.307 e. The van der Waals surface area contributed by atoms with E-state index in [9.17, 15) is 9.90 Å². The van der Waals surface area contributed by atoms with E-state index < -0.39 is 5.97 Å². The first-order valence-electron chi connectivity index (χ1n) is 8.89. The van der Waals surface area contributed by atoms with E-state index in [0.29, 0.717) is 17.2 Å². The van der Waals surface area contributed by atoms with Crippen LogP contribution in [0.2, 0.25) is 5.02 Å². The first-order valence-corrected chi connectivity index (χ1v) is 9.27. The summed E-state index contributed by atoms with van der Waals surface area (Å²) in [5, 5.41) is 10.8. The Morgan fingerprint density at radius 2 is 1.82 bits per heavy atom. The van der Waals surface area contributed by atoms with Crippen LogP contribution in [0.15, 0.2) is 72.8 Å². The molecule has 0 saturated heterocycles. The second kappa shape index (κ2) is 7.79. The molecule has 4 aromatic rings. The second-order valence-electron chi connectivity index (χ2n) is 6.54. The number of H-pyrrole nitrogens is 1. The Bertz CT molecular complexity index is 1140. The SMILES string of the molecule is O=C(O)Cc1c(-c2cccc(OCc3ccccc3)c2)[nH]c2ccc(Cl)cc12. The third-order valence-electron chi connectivity index (χ3n) is 4.57. The smallest absolute Gasteiger partial charge is 0.307 e. The fourth-order valence-corrected chi connectivity index (χ4v) is 3.46. The van der Waals surface area contributed by atoms with Gasteiger partial charge in [0.05, 0.1) is 12.1 Å². The number of rotatable bonds is 6. The molecule has 140 valence electrons. The topological polar surface area (TPSA) is 62.3 Å². The minimum atomic E-state index is -0.890. The fourth-order valence-electron chi connectivity index (χ4n) is 3.28. The monoisotopic (exact) mass is 391 g/mol. The first-order chi connectivity index (χ1) is 13.6. The summed E-state index contributed by atoms with van der Waals surface area (Å²) in [5.41, 5.74) is 4.29. The molecule has 4 nitrogen and oxygen atoms in total. The molecule has 1 aromatic heterocycles. The number of hydrogen-bond donors (Lipinski definition) is 2. The third-order valence-corrected chi connectivity index (χ3v) is 4.80. The predicted molar refractivity (Wildman–Crippen MR) is 111 cm³/mol. The van der Waals surface area contributed by atoms with Crippen molar-refractivity contribution in [1.82, 2.24) is 4.98 Å². The van der Waals surface area contributed by atoms with E-state index in [2.05, 4.69) is 4.98 Å². The molecule has 3 aromatic carbocycles. The van der Waals surface area contributed by atoms with E-state index in [1.165, 1.54) is 0 Å². The summed E-state index contributed by atoms with van der Waals surface area (Å²) < 4.78 is 5.92. The summed E-state index contributed by atoms with van der Waals surface area (Å²) >= 11 is 6.13. The number of hydrogen-bond acceptors (Lipinski definition) is 2. The molecule has 0 amide bonds. The van der Waals surface area contributed by atoms with Gasteiger partial charge in [0, 0.05) is 21.5 Å². The van der Waals surface area contributed by atoms with E-state index >= 15 is 0 Å². The van der Waals surface area contributed by atoms with Crippen LogP contribution >= 0.6 is 11.6 Å². The van der Waals surface area contributed by atoms with Gasteiger partial charge in [0.1, 0.15) is 12.4 Å². The van der Waals surface area contributed by atoms with Gasteiger partial charge in [-0.1, -0.05) is 54.1 Å². The maximum absolute atomic E-state index is 11.4. The molecule has 2 N–H and O–H groups in total. The van der Waals surface area contributed by atoms with Crippen molar-refractivity contribution >= 4 is 28.5 Å². The van der Waals surface area contributed by atoms with Crippen LogP contribution in [0.25, 0.3) is 22.2 Å². The van der Waals surface area contributed by atoms with Crippen LogP contribution in [0.4, 0.5) is 0 Å². The highest BCUT2D eigenvalue weighted by molar-refractivity contribution is 6.31. The van der Waals surface area contributed by atoms with E-state index in [-0.39, 0.29) is 6.42 Å². The number of aromatic amines is 1. The zero-order chi connectivity index (χ0) is 19.5. The molecule has 0 aliphatic carbocycles. The van der Waals surface area contributed by atoms with Crippen molar-refractivity contribution in [3.8, 4) is 17.0 Å². The Morgan fingerprint density at radius 3 is 2.61 bits per heavy atom. The molecule has 0 saturated carbocycles. The Hall–Kier alpha value is -3.24. The predicted octanol–water partition coefficient (Wildman–Crippen LogP) is 5.69. The number of benzene rings is 3. The molecule has 4 rings (SSSR count).